The second kappa shape index (κ2) is 33.1. The zero-order chi connectivity index (χ0) is 27.8. The van der Waals surface area contributed by atoms with Crippen molar-refractivity contribution in [3.63, 3.8) is 0 Å². The van der Waals surface area contributed by atoms with Crippen molar-refractivity contribution in [3.8, 4) is 0 Å². The van der Waals surface area contributed by atoms with Gasteiger partial charge >= 0.3 is 0 Å². The van der Waals surface area contributed by atoms with Crippen LogP contribution in [0.3, 0.4) is 0 Å². The van der Waals surface area contributed by atoms with Gasteiger partial charge in [-0.3, -0.25) is 0 Å². The number of hydrogen-bond acceptors (Lipinski definition) is 2. The van der Waals surface area contributed by atoms with Gasteiger partial charge in [-0.05, 0) is 32.4 Å². The van der Waals surface area contributed by atoms with Crippen molar-refractivity contribution in [2.75, 3.05) is 19.6 Å². The molecule has 0 amide bonds. The van der Waals surface area contributed by atoms with E-state index in [-0.39, 0.29) is 6.10 Å². The Balaban J connectivity index is 3.95. The molecular formula is C36H75NO. The first-order valence-electron chi connectivity index (χ1n) is 18.1. The van der Waals surface area contributed by atoms with E-state index in [4.69, 9.17) is 0 Å². The van der Waals surface area contributed by atoms with Gasteiger partial charge in [-0.25, -0.2) is 0 Å². The van der Waals surface area contributed by atoms with Gasteiger partial charge in [0.15, 0.2) is 0 Å². The van der Waals surface area contributed by atoms with Gasteiger partial charge in [0.05, 0.1) is 6.10 Å². The smallest absolute Gasteiger partial charge is 0.0667 e. The van der Waals surface area contributed by atoms with Crippen LogP contribution in [0.5, 0.6) is 0 Å². The van der Waals surface area contributed by atoms with Crippen molar-refractivity contribution >= 4 is 0 Å². The van der Waals surface area contributed by atoms with Crippen LogP contribution in [-0.4, -0.2) is 35.7 Å². The van der Waals surface area contributed by atoms with Gasteiger partial charge in [0.2, 0.25) is 0 Å². The van der Waals surface area contributed by atoms with Gasteiger partial charge in [0.1, 0.15) is 0 Å². The molecule has 0 rings (SSSR count). The molecular weight excluding hydrogens is 462 g/mol. The lowest BCUT2D eigenvalue weighted by molar-refractivity contribution is 0.100. The Morgan fingerprint density at radius 3 is 0.947 bits per heavy atom. The summed E-state index contributed by atoms with van der Waals surface area (Å²) in [5.41, 5.74) is 0. The van der Waals surface area contributed by atoms with E-state index in [2.05, 4.69) is 25.7 Å². The number of hydrogen-bond donors (Lipinski definition) is 1. The molecule has 0 spiro atoms. The van der Waals surface area contributed by atoms with Gasteiger partial charge in [-0.2, -0.15) is 0 Å². The second-order valence-electron chi connectivity index (χ2n) is 12.6. The summed E-state index contributed by atoms with van der Waals surface area (Å²) in [5.74, 6) is 0. The molecule has 0 aromatic heterocycles. The molecule has 0 saturated carbocycles. The minimum Gasteiger partial charge on any atom is -0.392 e. The maximum atomic E-state index is 10.8. The van der Waals surface area contributed by atoms with Crippen molar-refractivity contribution < 1.29 is 5.11 Å². The van der Waals surface area contributed by atoms with Crippen LogP contribution in [0.2, 0.25) is 0 Å². The lowest BCUT2D eigenvalue weighted by atomic mass is 10.0. The van der Waals surface area contributed by atoms with E-state index in [1.54, 1.807) is 0 Å². The maximum absolute atomic E-state index is 10.8. The Labute approximate surface area is 242 Å². The summed E-state index contributed by atoms with van der Waals surface area (Å²) in [6.07, 6.45) is 39.7. The molecule has 0 aliphatic heterocycles. The molecule has 0 aromatic carbocycles. The third-order valence-electron chi connectivity index (χ3n) is 8.52. The number of unbranched alkanes of at least 4 members (excludes halogenated alkanes) is 25. The normalized spacial score (nSPS) is 12.6. The van der Waals surface area contributed by atoms with E-state index in [1.165, 1.54) is 193 Å². The summed E-state index contributed by atoms with van der Waals surface area (Å²) < 4.78 is 0. The molecule has 230 valence electrons. The molecule has 0 heterocycles. The molecule has 0 radical (unpaired) electrons. The van der Waals surface area contributed by atoms with Crippen molar-refractivity contribution in [1.82, 2.24) is 4.90 Å². The molecule has 38 heavy (non-hydrogen) atoms. The van der Waals surface area contributed by atoms with E-state index in [9.17, 15) is 5.11 Å². The lowest BCUT2D eigenvalue weighted by Crippen LogP contribution is -2.34. The standard InChI is InChI=1S/C36H75NO/c1-4-7-10-13-16-19-20-21-22-23-26-29-32-36(38)35-37(33-30-27-24-17-14-11-8-5-2)34-31-28-25-18-15-12-9-6-3/h36,38H,4-35H2,1-3H3. The monoisotopic (exact) mass is 538 g/mol. The second-order valence-corrected chi connectivity index (χ2v) is 12.6. The Hall–Kier alpha value is -0.0800. The Bertz CT molecular complexity index is 392. The summed E-state index contributed by atoms with van der Waals surface area (Å²) in [6, 6.07) is 0. The zero-order valence-electron chi connectivity index (χ0n) is 27.1. The number of rotatable bonds is 33. The molecule has 1 unspecified atom stereocenters. The largest absolute Gasteiger partial charge is 0.392 e. The fourth-order valence-corrected chi connectivity index (χ4v) is 5.84. The highest BCUT2D eigenvalue weighted by Crippen LogP contribution is 2.15. The van der Waals surface area contributed by atoms with Crippen LogP contribution in [0.25, 0.3) is 0 Å². The zero-order valence-corrected chi connectivity index (χ0v) is 27.1. The molecule has 0 fully saturated rings. The van der Waals surface area contributed by atoms with Gasteiger partial charge < -0.3 is 10.0 Å². The van der Waals surface area contributed by atoms with Crippen molar-refractivity contribution in [2.45, 2.75) is 213 Å². The Kier molecular flexibility index (Phi) is 33.1. The number of aliphatic hydroxyl groups is 1. The highest BCUT2D eigenvalue weighted by Gasteiger charge is 2.11. The topological polar surface area (TPSA) is 23.5 Å². The summed E-state index contributed by atoms with van der Waals surface area (Å²) in [5, 5.41) is 10.8. The molecule has 1 atom stereocenters. The van der Waals surface area contributed by atoms with Gasteiger partial charge in [-0.15, -0.1) is 0 Å². The maximum Gasteiger partial charge on any atom is 0.0667 e. The van der Waals surface area contributed by atoms with Crippen LogP contribution >= 0.6 is 0 Å². The predicted octanol–water partition coefficient (Wildman–Crippen LogP) is 12.0. The number of aliphatic hydroxyl groups excluding tert-OH is 1. The molecule has 0 aliphatic rings. The summed E-state index contributed by atoms with van der Waals surface area (Å²) in [4.78, 5) is 2.61. The average molecular weight is 538 g/mol. The van der Waals surface area contributed by atoms with E-state index in [0.29, 0.717) is 0 Å². The SMILES string of the molecule is CCCCCCCCCCCCCCC(O)CN(CCCCCCCCCC)CCCCCCCCCC. The molecule has 0 aliphatic carbocycles. The molecule has 2 heteroatoms. The third-order valence-corrected chi connectivity index (χ3v) is 8.52. The summed E-state index contributed by atoms with van der Waals surface area (Å²) in [7, 11) is 0. The molecule has 2 nitrogen and oxygen atoms in total. The molecule has 0 bridgehead atoms. The van der Waals surface area contributed by atoms with E-state index in [1.807, 2.05) is 0 Å². The van der Waals surface area contributed by atoms with Gasteiger partial charge in [-0.1, -0.05) is 188 Å². The van der Waals surface area contributed by atoms with Crippen LogP contribution in [0.15, 0.2) is 0 Å². The fourth-order valence-electron chi connectivity index (χ4n) is 5.84. The minimum absolute atomic E-state index is 0.124. The molecule has 1 N–H and O–H groups in total. The highest BCUT2D eigenvalue weighted by molar-refractivity contribution is 4.66. The van der Waals surface area contributed by atoms with Crippen LogP contribution in [-0.2, 0) is 0 Å². The number of nitrogens with zero attached hydrogens (tertiary/aromatic N) is 1. The quantitative estimate of drug-likeness (QED) is 0.0841. The van der Waals surface area contributed by atoms with Crippen LogP contribution in [0.1, 0.15) is 207 Å². The summed E-state index contributed by atoms with van der Waals surface area (Å²) >= 11 is 0. The average Bonchev–Trinajstić information content (AvgIpc) is 2.92. The first-order chi connectivity index (χ1) is 18.7. The predicted molar refractivity (Wildman–Crippen MR) is 173 cm³/mol. The first kappa shape index (κ1) is 37.9. The fraction of sp³-hybridized carbons (Fsp3) is 1.00. The summed E-state index contributed by atoms with van der Waals surface area (Å²) in [6.45, 7) is 10.2. The van der Waals surface area contributed by atoms with E-state index in [0.717, 1.165) is 13.0 Å². The molecule has 0 saturated heterocycles. The van der Waals surface area contributed by atoms with Crippen LogP contribution in [0.4, 0.5) is 0 Å². The van der Waals surface area contributed by atoms with Crippen molar-refractivity contribution in [2.24, 2.45) is 0 Å². The first-order valence-corrected chi connectivity index (χ1v) is 18.1. The Morgan fingerprint density at radius 1 is 0.368 bits per heavy atom. The van der Waals surface area contributed by atoms with E-state index < -0.39 is 0 Å². The van der Waals surface area contributed by atoms with Gasteiger partial charge in [0, 0.05) is 6.54 Å². The highest BCUT2D eigenvalue weighted by atomic mass is 16.3. The minimum atomic E-state index is -0.124. The molecule has 0 aromatic rings. The Morgan fingerprint density at radius 2 is 0.632 bits per heavy atom. The van der Waals surface area contributed by atoms with E-state index >= 15 is 0 Å². The van der Waals surface area contributed by atoms with Crippen LogP contribution in [0, 0.1) is 0 Å². The van der Waals surface area contributed by atoms with Gasteiger partial charge in [0.25, 0.3) is 0 Å². The van der Waals surface area contributed by atoms with Crippen molar-refractivity contribution in [1.29, 1.82) is 0 Å². The van der Waals surface area contributed by atoms with Crippen molar-refractivity contribution in [3.05, 3.63) is 0 Å². The lowest BCUT2D eigenvalue weighted by Gasteiger charge is -2.25. The van der Waals surface area contributed by atoms with Crippen LogP contribution < -0.4 is 0 Å². The third kappa shape index (κ3) is 30.5.